The van der Waals surface area contributed by atoms with Crippen LogP contribution in [-0.2, 0) is 9.53 Å². The number of carbonyl (C=O) groups excluding carboxylic acids is 1. The molecule has 0 rings (SSSR count). The van der Waals surface area contributed by atoms with Gasteiger partial charge in [0, 0.05) is 7.05 Å². The summed E-state index contributed by atoms with van der Waals surface area (Å²) < 4.78 is 5.17. The first-order valence-electron chi connectivity index (χ1n) is 5.48. The lowest BCUT2D eigenvalue weighted by Crippen LogP contribution is -2.36. The molecule has 0 aliphatic carbocycles. The molecule has 0 N–H and O–H groups in total. The second-order valence-corrected chi connectivity index (χ2v) is 4.13. The summed E-state index contributed by atoms with van der Waals surface area (Å²) in [5.74, 6) is -0.281. The van der Waals surface area contributed by atoms with Crippen molar-refractivity contribution in [2.75, 3.05) is 7.05 Å². The average molecular weight is 214 g/mol. The summed E-state index contributed by atoms with van der Waals surface area (Å²) in [5.41, 5.74) is -0.810. The number of ether oxygens (including phenoxy) is 1. The summed E-state index contributed by atoms with van der Waals surface area (Å²) in [5, 5.41) is 7.71. The zero-order valence-electron chi connectivity index (χ0n) is 10.4. The molecule has 88 valence electrons. The van der Waals surface area contributed by atoms with Crippen molar-refractivity contribution in [1.82, 2.24) is 0 Å². The van der Waals surface area contributed by atoms with E-state index in [1.54, 1.807) is 14.0 Å². The number of unbranched alkanes of at least 4 members (excludes halogenated alkanes) is 1. The van der Waals surface area contributed by atoms with Gasteiger partial charge in [0.25, 0.3) is 0 Å². The minimum absolute atomic E-state index is 0.106. The second-order valence-electron chi connectivity index (χ2n) is 4.13. The molecule has 0 aromatic heterocycles. The predicted octanol–water partition coefficient (Wildman–Crippen LogP) is 2.97. The van der Waals surface area contributed by atoms with Gasteiger partial charge in [0.1, 0.15) is 0 Å². The van der Waals surface area contributed by atoms with Crippen molar-refractivity contribution in [2.24, 2.45) is 10.2 Å². The van der Waals surface area contributed by atoms with E-state index in [-0.39, 0.29) is 12.1 Å². The quantitative estimate of drug-likeness (QED) is 0.504. The maximum absolute atomic E-state index is 11.8. The van der Waals surface area contributed by atoms with Crippen LogP contribution in [0.25, 0.3) is 0 Å². The van der Waals surface area contributed by atoms with Crippen molar-refractivity contribution in [3.63, 3.8) is 0 Å². The Balaban J connectivity index is 4.54. The van der Waals surface area contributed by atoms with Crippen LogP contribution < -0.4 is 0 Å². The van der Waals surface area contributed by atoms with Gasteiger partial charge in [-0.25, -0.2) is 4.79 Å². The Hall–Kier alpha value is -0.930. The molecule has 0 saturated carbocycles. The van der Waals surface area contributed by atoms with Gasteiger partial charge in [0.2, 0.25) is 0 Å². The Bertz CT molecular complexity index is 227. The Morgan fingerprint density at radius 3 is 2.47 bits per heavy atom. The fraction of sp³-hybridized carbons (Fsp3) is 0.909. The van der Waals surface area contributed by atoms with Gasteiger partial charge in [-0.1, -0.05) is 19.8 Å². The topological polar surface area (TPSA) is 51.0 Å². The largest absolute Gasteiger partial charge is 0.461 e. The highest BCUT2D eigenvalue weighted by molar-refractivity contribution is 5.80. The predicted molar refractivity (Wildman–Crippen MR) is 59.9 cm³/mol. The SMILES string of the molecule is CCCC[C@@](C)(N=NC)C(=O)OC(C)C. The van der Waals surface area contributed by atoms with E-state index < -0.39 is 5.54 Å². The molecule has 4 heteroatoms. The van der Waals surface area contributed by atoms with Crippen LogP contribution in [0.1, 0.15) is 47.0 Å². The minimum Gasteiger partial charge on any atom is -0.461 e. The van der Waals surface area contributed by atoms with E-state index in [0.29, 0.717) is 6.42 Å². The van der Waals surface area contributed by atoms with Crippen LogP contribution in [0.15, 0.2) is 10.2 Å². The maximum Gasteiger partial charge on any atom is 0.335 e. The zero-order chi connectivity index (χ0) is 11.9. The summed E-state index contributed by atoms with van der Waals surface area (Å²) in [6.07, 6.45) is 2.56. The Morgan fingerprint density at radius 1 is 1.47 bits per heavy atom. The third-order valence-electron chi connectivity index (χ3n) is 2.12. The molecule has 0 aliphatic heterocycles. The molecule has 4 nitrogen and oxygen atoms in total. The maximum atomic E-state index is 11.8. The van der Waals surface area contributed by atoms with Crippen LogP contribution in [-0.4, -0.2) is 24.7 Å². The fourth-order valence-electron chi connectivity index (χ4n) is 1.28. The average Bonchev–Trinajstić information content (AvgIpc) is 2.14. The van der Waals surface area contributed by atoms with Crippen LogP contribution in [0.5, 0.6) is 0 Å². The van der Waals surface area contributed by atoms with Crippen LogP contribution in [0.4, 0.5) is 0 Å². The van der Waals surface area contributed by atoms with Gasteiger partial charge in [0.15, 0.2) is 5.54 Å². The molecule has 0 bridgehead atoms. The fourth-order valence-corrected chi connectivity index (χ4v) is 1.28. The van der Waals surface area contributed by atoms with Gasteiger partial charge >= 0.3 is 5.97 Å². The van der Waals surface area contributed by atoms with Crippen LogP contribution in [0, 0.1) is 0 Å². The van der Waals surface area contributed by atoms with Gasteiger partial charge in [0.05, 0.1) is 6.10 Å². The number of carbonyl (C=O) groups is 1. The molecule has 0 spiro atoms. The summed E-state index contributed by atoms with van der Waals surface area (Å²) in [7, 11) is 1.58. The zero-order valence-corrected chi connectivity index (χ0v) is 10.4. The number of nitrogens with zero attached hydrogens (tertiary/aromatic N) is 2. The molecule has 15 heavy (non-hydrogen) atoms. The molecule has 0 aromatic carbocycles. The van der Waals surface area contributed by atoms with Gasteiger partial charge in [-0.2, -0.15) is 10.2 Å². The van der Waals surface area contributed by atoms with E-state index >= 15 is 0 Å². The molecular formula is C11H22N2O2. The second kappa shape index (κ2) is 6.53. The lowest BCUT2D eigenvalue weighted by Gasteiger charge is -2.22. The van der Waals surface area contributed by atoms with Crippen molar-refractivity contribution in [1.29, 1.82) is 0 Å². The lowest BCUT2D eigenvalue weighted by atomic mass is 9.96. The van der Waals surface area contributed by atoms with Crippen molar-refractivity contribution in [2.45, 2.75) is 58.6 Å². The molecule has 0 fully saturated rings. The monoisotopic (exact) mass is 214 g/mol. The van der Waals surface area contributed by atoms with Crippen molar-refractivity contribution < 1.29 is 9.53 Å². The van der Waals surface area contributed by atoms with Crippen LogP contribution in [0.2, 0.25) is 0 Å². The van der Waals surface area contributed by atoms with E-state index in [2.05, 4.69) is 17.2 Å². The van der Waals surface area contributed by atoms with Gasteiger partial charge in [-0.3, -0.25) is 0 Å². The van der Waals surface area contributed by atoms with Crippen molar-refractivity contribution in [3.05, 3.63) is 0 Å². The highest BCUT2D eigenvalue weighted by atomic mass is 16.5. The number of hydrogen-bond donors (Lipinski definition) is 0. The van der Waals surface area contributed by atoms with Crippen molar-refractivity contribution >= 4 is 5.97 Å². The van der Waals surface area contributed by atoms with E-state index in [1.165, 1.54) is 0 Å². The standard InChI is InChI=1S/C11H22N2O2/c1-6-7-8-11(4,13-12-5)10(14)15-9(2)3/h9H,6-8H2,1-5H3/t11-/m1/s1. The first-order chi connectivity index (χ1) is 6.96. The molecule has 0 heterocycles. The first kappa shape index (κ1) is 14.1. The molecule has 0 aromatic rings. The van der Waals surface area contributed by atoms with Gasteiger partial charge in [-0.05, 0) is 27.2 Å². The Labute approximate surface area is 92.1 Å². The van der Waals surface area contributed by atoms with Gasteiger partial charge in [-0.15, -0.1) is 0 Å². The third kappa shape index (κ3) is 4.91. The van der Waals surface area contributed by atoms with E-state index in [4.69, 9.17) is 4.74 Å². The molecule has 1 atom stereocenters. The minimum atomic E-state index is -0.810. The highest BCUT2D eigenvalue weighted by Gasteiger charge is 2.34. The molecule has 0 saturated heterocycles. The van der Waals surface area contributed by atoms with E-state index in [9.17, 15) is 4.79 Å². The Morgan fingerprint density at radius 2 is 2.07 bits per heavy atom. The summed E-state index contributed by atoms with van der Waals surface area (Å²) in [6, 6.07) is 0. The molecule has 0 radical (unpaired) electrons. The van der Waals surface area contributed by atoms with Crippen LogP contribution >= 0.6 is 0 Å². The molecule has 0 aliphatic rings. The van der Waals surface area contributed by atoms with Crippen molar-refractivity contribution in [3.8, 4) is 0 Å². The number of esters is 1. The molecule has 0 amide bonds. The van der Waals surface area contributed by atoms with E-state index in [1.807, 2.05) is 13.8 Å². The smallest absolute Gasteiger partial charge is 0.335 e. The lowest BCUT2D eigenvalue weighted by molar-refractivity contribution is -0.153. The number of hydrogen-bond acceptors (Lipinski definition) is 4. The van der Waals surface area contributed by atoms with Crippen LogP contribution in [0.3, 0.4) is 0 Å². The Kier molecular flexibility index (Phi) is 6.13. The number of rotatable bonds is 6. The summed E-state index contributed by atoms with van der Waals surface area (Å²) in [4.78, 5) is 11.8. The molecular weight excluding hydrogens is 192 g/mol. The molecule has 0 unspecified atom stereocenters. The highest BCUT2D eigenvalue weighted by Crippen LogP contribution is 2.21. The normalized spacial score (nSPS) is 15.6. The summed E-state index contributed by atoms with van der Waals surface area (Å²) in [6.45, 7) is 7.53. The van der Waals surface area contributed by atoms with Gasteiger partial charge < -0.3 is 4.74 Å². The number of azo groups is 1. The van der Waals surface area contributed by atoms with E-state index in [0.717, 1.165) is 12.8 Å². The summed E-state index contributed by atoms with van der Waals surface area (Å²) >= 11 is 0. The third-order valence-corrected chi connectivity index (χ3v) is 2.12. The first-order valence-corrected chi connectivity index (χ1v) is 5.48.